The molecule has 450 valence electrons. The number of unbranched alkanes of at least 4 members (excludes halogenated alkanes) is 23. The van der Waals surface area contributed by atoms with Crippen LogP contribution in [0.1, 0.15) is 258 Å². The average molecular weight is 1120 g/mol. The lowest BCUT2D eigenvalue weighted by molar-refractivity contribution is -0.161. The zero-order valence-corrected chi connectivity index (χ0v) is 51.2. The molecule has 9 nitrogen and oxygen atoms in total. The van der Waals surface area contributed by atoms with Gasteiger partial charge in [-0.15, -0.1) is 0 Å². The van der Waals surface area contributed by atoms with Crippen LogP contribution in [0.5, 0.6) is 0 Å². The molecule has 0 aromatic heterocycles. The lowest BCUT2D eigenvalue weighted by Crippen LogP contribution is -2.29. The summed E-state index contributed by atoms with van der Waals surface area (Å²) in [7, 11) is -4.40. The topological polar surface area (TPSA) is 134 Å². The molecule has 0 bridgehead atoms. The quantitative estimate of drug-likeness (QED) is 0.0264. The van der Waals surface area contributed by atoms with E-state index in [-0.39, 0.29) is 38.6 Å². The Morgan fingerprint density at radius 3 is 1.04 bits per heavy atom. The fourth-order valence-corrected chi connectivity index (χ4v) is 9.17. The predicted molar refractivity (Wildman–Crippen MR) is 339 cm³/mol. The van der Waals surface area contributed by atoms with E-state index in [0.29, 0.717) is 6.42 Å². The first-order valence-corrected chi connectivity index (χ1v) is 33.2. The van der Waals surface area contributed by atoms with Gasteiger partial charge in [-0.05, 0) is 96.3 Å². The highest BCUT2D eigenvalue weighted by Gasteiger charge is 2.26. The predicted octanol–water partition coefficient (Wildman–Crippen LogP) is 20.5. The minimum atomic E-state index is -4.40. The van der Waals surface area contributed by atoms with Crippen molar-refractivity contribution in [3.8, 4) is 0 Å². The van der Waals surface area contributed by atoms with Crippen LogP contribution < -0.4 is 5.73 Å². The van der Waals surface area contributed by atoms with Crippen LogP contribution in [0.3, 0.4) is 0 Å². The zero-order valence-electron chi connectivity index (χ0n) is 50.3. The molecule has 0 aliphatic rings. The van der Waals surface area contributed by atoms with E-state index in [2.05, 4.69) is 148 Å². The fourth-order valence-electron chi connectivity index (χ4n) is 8.41. The molecule has 2 unspecified atom stereocenters. The van der Waals surface area contributed by atoms with Crippen molar-refractivity contribution in [2.75, 3.05) is 26.4 Å². The van der Waals surface area contributed by atoms with Gasteiger partial charge in [0.2, 0.25) is 0 Å². The summed E-state index contributed by atoms with van der Waals surface area (Å²) in [5.74, 6) is -0.841. The molecular formula is C69H116NO8P. The van der Waals surface area contributed by atoms with Gasteiger partial charge >= 0.3 is 19.8 Å². The van der Waals surface area contributed by atoms with Crippen LogP contribution in [0.4, 0.5) is 0 Å². The van der Waals surface area contributed by atoms with Gasteiger partial charge in [-0.3, -0.25) is 18.6 Å². The van der Waals surface area contributed by atoms with E-state index >= 15 is 0 Å². The summed E-state index contributed by atoms with van der Waals surface area (Å²) in [6, 6.07) is 0. The Labute approximate surface area is 484 Å². The van der Waals surface area contributed by atoms with E-state index < -0.39 is 26.5 Å². The van der Waals surface area contributed by atoms with Crippen LogP contribution in [0.15, 0.2) is 134 Å². The second-order valence-electron chi connectivity index (χ2n) is 20.6. The van der Waals surface area contributed by atoms with Crippen molar-refractivity contribution in [1.82, 2.24) is 0 Å². The number of hydrogen-bond donors (Lipinski definition) is 2. The van der Waals surface area contributed by atoms with Gasteiger partial charge in [0.25, 0.3) is 0 Å². The Morgan fingerprint density at radius 1 is 0.392 bits per heavy atom. The summed E-state index contributed by atoms with van der Waals surface area (Å²) < 4.78 is 33.0. The van der Waals surface area contributed by atoms with Crippen LogP contribution >= 0.6 is 7.82 Å². The highest BCUT2D eigenvalue weighted by Crippen LogP contribution is 2.43. The first-order valence-electron chi connectivity index (χ1n) is 31.7. The van der Waals surface area contributed by atoms with Gasteiger partial charge in [0.05, 0.1) is 13.2 Å². The highest BCUT2D eigenvalue weighted by molar-refractivity contribution is 7.47. The molecule has 0 aliphatic carbocycles. The SMILES string of the molecule is CC/C=C\C/C=C\C/C=C\C/C=C\C/C=C\C/C=C\C/C=C\C/C=C\C/C=C\C/C=C\C/C=C\CCCCCCCCCC(=O)OC(COC(=O)CCCCCCCCCCCCCCCCCCC)COP(=O)(O)OCCN. The number of rotatable bonds is 58. The Bertz CT molecular complexity index is 1750. The van der Waals surface area contributed by atoms with Gasteiger partial charge in [0.15, 0.2) is 6.10 Å². The lowest BCUT2D eigenvalue weighted by Gasteiger charge is -2.19. The van der Waals surface area contributed by atoms with Gasteiger partial charge in [-0.2, -0.15) is 0 Å². The van der Waals surface area contributed by atoms with Crippen molar-refractivity contribution < 1.29 is 37.6 Å². The lowest BCUT2D eigenvalue weighted by atomic mass is 10.0. The summed E-state index contributed by atoms with van der Waals surface area (Å²) in [4.78, 5) is 35.2. The molecule has 0 spiro atoms. The molecule has 0 aliphatic heterocycles. The third-order valence-electron chi connectivity index (χ3n) is 13.1. The van der Waals surface area contributed by atoms with Crippen molar-refractivity contribution in [2.24, 2.45) is 5.73 Å². The van der Waals surface area contributed by atoms with Crippen molar-refractivity contribution in [1.29, 1.82) is 0 Å². The van der Waals surface area contributed by atoms with Crippen molar-refractivity contribution in [2.45, 2.75) is 264 Å². The van der Waals surface area contributed by atoms with Gasteiger partial charge in [-0.1, -0.05) is 282 Å². The zero-order chi connectivity index (χ0) is 57.3. The summed E-state index contributed by atoms with van der Waals surface area (Å²) in [6.07, 6.45) is 89.5. The van der Waals surface area contributed by atoms with Gasteiger partial charge in [0, 0.05) is 19.4 Å². The maximum atomic E-state index is 12.7. The number of carbonyl (C=O) groups excluding carboxylic acids is 2. The maximum absolute atomic E-state index is 12.7. The second kappa shape index (κ2) is 63.3. The van der Waals surface area contributed by atoms with Crippen LogP contribution in [-0.4, -0.2) is 49.3 Å². The number of ether oxygens (including phenoxy) is 2. The summed E-state index contributed by atoms with van der Waals surface area (Å²) in [5.41, 5.74) is 5.38. The normalized spacial score (nSPS) is 13.9. The van der Waals surface area contributed by atoms with E-state index in [4.69, 9.17) is 24.3 Å². The van der Waals surface area contributed by atoms with Gasteiger partial charge in [0.1, 0.15) is 6.61 Å². The molecule has 2 atom stereocenters. The monoisotopic (exact) mass is 1120 g/mol. The first kappa shape index (κ1) is 75.2. The molecule has 0 fully saturated rings. The standard InChI is InChI=1S/C69H116NO8P/c1-3-5-7-9-11-13-15-17-19-21-22-23-24-25-26-27-28-29-30-31-32-33-34-35-36-37-38-39-40-41-42-43-44-46-48-50-52-54-56-58-60-62-69(72)78-67(66-77-79(73,74)76-64-63-70)65-75-68(71)61-59-57-55-53-51-49-47-45-20-18-16-14-12-10-8-6-4-2/h5,7,11,13,17,19,22-23,25-26,28-29,31-32,34-35,37-38,40-41,43-44,67H,3-4,6,8-10,12,14-16,18,20-21,24,27,30,33,36,39,42,45-66,70H2,1-2H3,(H,73,74)/b7-5-,13-11-,19-17-,23-22-,26-25-,29-28-,32-31-,35-34-,38-37-,41-40-,44-43-. The molecule has 0 saturated heterocycles. The van der Waals surface area contributed by atoms with E-state index in [0.717, 1.165) is 116 Å². The molecule has 3 N–H and O–H groups in total. The van der Waals surface area contributed by atoms with Crippen molar-refractivity contribution >= 4 is 19.8 Å². The van der Waals surface area contributed by atoms with E-state index in [1.807, 2.05) is 0 Å². The third-order valence-corrected chi connectivity index (χ3v) is 14.0. The summed E-state index contributed by atoms with van der Waals surface area (Å²) in [5, 5.41) is 0. The molecule has 0 amide bonds. The average Bonchev–Trinajstić information content (AvgIpc) is 3.44. The van der Waals surface area contributed by atoms with Crippen LogP contribution in [0, 0.1) is 0 Å². The van der Waals surface area contributed by atoms with E-state index in [9.17, 15) is 19.0 Å². The smallest absolute Gasteiger partial charge is 0.462 e. The number of nitrogens with two attached hydrogens (primary N) is 1. The van der Waals surface area contributed by atoms with Crippen molar-refractivity contribution in [3.63, 3.8) is 0 Å². The Morgan fingerprint density at radius 2 is 0.696 bits per heavy atom. The second-order valence-corrected chi connectivity index (χ2v) is 22.0. The van der Waals surface area contributed by atoms with Crippen LogP contribution in [0.25, 0.3) is 0 Å². The number of allylic oxidation sites excluding steroid dienone is 22. The van der Waals surface area contributed by atoms with Crippen LogP contribution in [0.2, 0.25) is 0 Å². The molecule has 10 heteroatoms. The van der Waals surface area contributed by atoms with Crippen molar-refractivity contribution in [3.05, 3.63) is 134 Å². The molecule has 79 heavy (non-hydrogen) atoms. The minimum Gasteiger partial charge on any atom is -0.462 e. The number of hydrogen-bond acceptors (Lipinski definition) is 8. The van der Waals surface area contributed by atoms with Gasteiger partial charge < -0.3 is 20.1 Å². The molecule has 0 aromatic rings. The van der Waals surface area contributed by atoms with Gasteiger partial charge in [-0.25, -0.2) is 4.57 Å². The number of phosphoric acid groups is 1. The number of carbonyl (C=O) groups is 2. The molecule has 0 radical (unpaired) electrons. The summed E-state index contributed by atoms with van der Waals surface area (Å²) in [6.45, 7) is 3.62. The molecule has 0 heterocycles. The molecule has 0 aromatic carbocycles. The molecule has 0 saturated carbocycles. The molecule has 0 rings (SSSR count). The largest absolute Gasteiger partial charge is 0.472 e. The fraction of sp³-hybridized carbons (Fsp3) is 0.652. The highest BCUT2D eigenvalue weighted by atomic mass is 31.2. The maximum Gasteiger partial charge on any atom is 0.472 e. The Hall–Kier alpha value is -3.85. The Balaban J connectivity index is 3.99. The van der Waals surface area contributed by atoms with E-state index in [1.165, 1.54) is 109 Å². The number of esters is 2. The third kappa shape index (κ3) is 63.2. The minimum absolute atomic E-state index is 0.0467. The number of phosphoric ester groups is 1. The first-order chi connectivity index (χ1) is 38.8. The van der Waals surface area contributed by atoms with Crippen LogP contribution in [-0.2, 0) is 32.7 Å². The summed E-state index contributed by atoms with van der Waals surface area (Å²) >= 11 is 0. The van der Waals surface area contributed by atoms with E-state index in [1.54, 1.807) is 0 Å². The Kier molecular flexibility index (Phi) is 60.2. The molecular weight excluding hydrogens is 1000 g/mol.